The summed E-state index contributed by atoms with van der Waals surface area (Å²) in [6.07, 6.45) is 6.21. The van der Waals surface area contributed by atoms with Crippen LogP contribution in [-0.2, 0) is 6.42 Å². The van der Waals surface area contributed by atoms with Crippen molar-refractivity contribution in [2.75, 3.05) is 6.54 Å². The van der Waals surface area contributed by atoms with Gasteiger partial charge in [0.1, 0.15) is 0 Å². The molecule has 3 aromatic rings. The Labute approximate surface area is 121 Å². The van der Waals surface area contributed by atoms with Crippen molar-refractivity contribution in [2.24, 2.45) is 0 Å². The molecule has 0 aliphatic rings. The van der Waals surface area contributed by atoms with Crippen LogP contribution in [0.15, 0.2) is 42.2 Å². The smallest absolute Gasteiger partial charge is 0.0943 e. The molecule has 0 aliphatic carbocycles. The predicted molar refractivity (Wildman–Crippen MR) is 81.8 cm³/mol. The summed E-state index contributed by atoms with van der Waals surface area (Å²) in [4.78, 5) is 13.3. The van der Waals surface area contributed by atoms with E-state index in [1.807, 2.05) is 23.7 Å². The molecule has 0 saturated heterocycles. The van der Waals surface area contributed by atoms with Gasteiger partial charge in [-0.15, -0.1) is 11.3 Å². The van der Waals surface area contributed by atoms with Gasteiger partial charge in [-0.05, 0) is 18.2 Å². The zero-order valence-electron chi connectivity index (χ0n) is 11.3. The van der Waals surface area contributed by atoms with Crippen molar-refractivity contribution in [3.63, 3.8) is 0 Å². The summed E-state index contributed by atoms with van der Waals surface area (Å²) >= 11 is 1.69. The highest BCUT2D eigenvalue weighted by atomic mass is 32.1. The highest BCUT2D eigenvalue weighted by Crippen LogP contribution is 2.25. The normalized spacial score (nSPS) is 12.7. The summed E-state index contributed by atoms with van der Waals surface area (Å²) in [5.41, 5.74) is 3.09. The van der Waals surface area contributed by atoms with Crippen LogP contribution in [0.5, 0.6) is 0 Å². The first kappa shape index (κ1) is 13.1. The van der Waals surface area contributed by atoms with Gasteiger partial charge in [0.15, 0.2) is 0 Å². The van der Waals surface area contributed by atoms with E-state index in [1.165, 1.54) is 5.56 Å². The fourth-order valence-corrected chi connectivity index (χ4v) is 3.03. The first-order chi connectivity index (χ1) is 9.88. The van der Waals surface area contributed by atoms with Gasteiger partial charge in [0, 0.05) is 36.4 Å². The van der Waals surface area contributed by atoms with Crippen molar-refractivity contribution >= 4 is 22.4 Å². The molecule has 2 aromatic heterocycles. The molecule has 0 spiro atoms. The van der Waals surface area contributed by atoms with Gasteiger partial charge in [-0.2, -0.15) is 0 Å². The number of benzene rings is 1. The van der Waals surface area contributed by atoms with E-state index in [2.05, 4.69) is 33.3 Å². The standard InChI is InChI=1S/C15H16N4S/c1-2-16-13(10-14-18-8-9-20-14)11-4-3-5-12-15(11)19-7-6-17-12/h3-9,13,16H,2,10H2,1H3. The third-order valence-electron chi connectivity index (χ3n) is 3.22. The molecule has 0 amide bonds. The number of hydrogen-bond donors (Lipinski definition) is 1. The van der Waals surface area contributed by atoms with E-state index in [4.69, 9.17) is 0 Å². The maximum absolute atomic E-state index is 4.49. The van der Waals surface area contributed by atoms with Crippen LogP contribution in [-0.4, -0.2) is 21.5 Å². The van der Waals surface area contributed by atoms with E-state index in [-0.39, 0.29) is 6.04 Å². The summed E-state index contributed by atoms with van der Waals surface area (Å²) in [7, 11) is 0. The highest BCUT2D eigenvalue weighted by Gasteiger charge is 2.16. The van der Waals surface area contributed by atoms with Crippen molar-refractivity contribution in [3.8, 4) is 0 Å². The SMILES string of the molecule is CCNC(Cc1nccs1)c1cccc2nccnc12. The van der Waals surface area contributed by atoms with Gasteiger partial charge in [-0.1, -0.05) is 19.1 Å². The lowest BCUT2D eigenvalue weighted by molar-refractivity contribution is 0.551. The largest absolute Gasteiger partial charge is 0.310 e. The number of likely N-dealkylation sites (N-methyl/N-ethyl adjacent to an activating group) is 1. The first-order valence-corrected chi connectivity index (χ1v) is 7.58. The Morgan fingerprint density at radius 2 is 2.05 bits per heavy atom. The molecule has 1 atom stereocenters. The lowest BCUT2D eigenvalue weighted by Crippen LogP contribution is -2.23. The van der Waals surface area contributed by atoms with Crippen LogP contribution in [0.4, 0.5) is 0 Å². The molecule has 1 N–H and O–H groups in total. The zero-order valence-corrected chi connectivity index (χ0v) is 12.1. The van der Waals surface area contributed by atoms with E-state index in [0.29, 0.717) is 0 Å². The third-order valence-corrected chi connectivity index (χ3v) is 4.02. The minimum absolute atomic E-state index is 0.214. The van der Waals surface area contributed by atoms with Gasteiger partial charge < -0.3 is 5.32 Å². The minimum atomic E-state index is 0.214. The molecule has 0 saturated carbocycles. The van der Waals surface area contributed by atoms with Crippen LogP contribution in [0.3, 0.4) is 0 Å². The topological polar surface area (TPSA) is 50.7 Å². The van der Waals surface area contributed by atoms with Crippen molar-refractivity contribution in [1.82, 2.24) is 20.3 Å². The van der Waals surface area contributed by atoms with Crippen molar-refractivity contribution in [1.29, 1.82) is 0 Å². The second kappa shape index (κ2) is 6.07. The van der Waals surface area contributed by atoms with Gasteiger partial charge >= 0.3 is 0 Å². The molecule has 0 aliphatic heterocycles. The maximum Gasteiger partial charge on any atom is 0.0943 e. The fraction of sp³-hybridized carbons (Fsp3) is 0.267. The van der Waals surface area contributed by atoms with Crippen LogP contribution in [0.1, 0.15) is 23.5 Å². The second-order valence-corrected chi connectivity index (χ2v) is 5.49. The Bertz CT molecular complexity index is 676. The van der Waals surface area contributed by atoms with E-state index in [1.54, 1.807) is 23.7 Å². The number of nitrogens with one attached hydrogen (secondary N) is 1. The molecule has 4 nitrogen and oxygen atoms in total. The van der Waals surface area contributed by atoms with Crippen LogP contribution in [0.2, 0.25) is 0 Å². The molecule has 102 valence electrons. The number of nitrogens with zero attached hydrogens (tertiary/aromatic N) is 3. The summed E-state index contributed by atoms with van der Waals surface area (Å²) in [5.74, 6) is 0. The van der Waals surface area contributed by atoms with Gasteiger partial charge in [0.25, 0.3) is 0 Å². The molecule has 1 aromatic carbocycles. The Hall–Kier alpha value is -1.85. The maximum atomic E-state index is 4.49. The number of hydrogen-bond acceptors (Lipinski definition) is 5. The molecule has 0 fully saturated rings. The monoisotopic (exact) mass is 284 g/mol. The van der Waals surface area contributed by atoms with Crippen LogP contribution in [0, 0.1) is 0 Å². The number of thiazole rings is 1. The van der Waals surface area contributed by atoms with E-state index < -0.39 is 0 Å². The van der Waals surface area contributed by atoms with Gasteiger partial charge in [-0.25, -0.2) is 4.98 Å². The first-order valence-electron chi connectivity index (χ1n) is 6.70. The van der Waals surface area contributed by atoms with E-state index >= 15 is 0 Å². The average molecular weight is 284 g/mol. The molecule has 20 heavy (non-hydrogen) atoms. The Morgan fingerprint density at radius 1 is 1.15 bits per heavy atom. The number of fused-ring (bicyclic) bond motifs is 1. The summed E-state index contributed by atoms with van der Waals surface area (Å²) in [6, 6.07) is 6.38. The Kier molecular flexibility index (Phi) is 3.99. The Balaban J connectivity index is 2.00. The summed E-state index contributed by atoms with van der Waals surface area (Å²) in [5, 5.41) is 6.68. The van der Waals surface area contributed by atoms with E-state index in [9.17, 15) is 0 Å². The van der Waals surface area contributed by atoms with Crippen molar-refractivity contribution < 1.29 is 0 Å². The highest BCUT2D eigenvalue weighted by molar-refractivity contribution is 7.09. The Morgan fingerprint density at radius 3 is 2.85 bits per heavy atom. The summed E-state index contributed by atoms with van der Waals surface area (Å²) < 4.78 is 0. The van der Waals surface area contributed by atoms with Crippen LogP contribution < -0.4 is 5.32 Å². The average Bonchev–Trinajstić information content (AvgIpc) is 2.99. The van der Waals surface area contributed by atoms with E-state index in [0.717, 1.165) is 29.0 Å². The summed E-state index contributed by atoms with van der Waals surface area (Å²) in [6.45, 7) is 3.03. The van der Waals surface area contributed by atoms with Crippen LogP contribution in [0.25, 0.3) is 11.0 Å². The van der Waals surface area contributed by atoms with Gasteiger partial charge in [0.05, 0.1) is 16.0 Å². The molecule has 3 rings (SSSR count). The predicted octanol–water partition coefficient (Wildman–Crippen LogP) is 2.98. The molecular formula is C15H16N4S. The quantitative estimate of drug-likeness (QED) is 0.782. The van der Waals surface area contributed by atoms with Crippen LogP contribution >= 0.6 is 11.3 Å². The molecule has 1 unspecified atom stereocenters. The van der Waals surface area contributed by atoms with Crippen molar-refractivity contribution in [3.05, 3.63) is 52.7 Å². The molecular weight excluding hydrogens is 268 g/mol. The molecule has 2 heterocycles. The zero-order chi connectivity index (χ0) is 13.8. The molecule has 0 bridgehead atoms. The lowest BCUT2D eigenvalue weighted by atomic mass is 10.0. The van der Waals surface area contributed by atoms with Gasteiger partial charge in [0.2, 0.25) is 0 Å². The number of para-hydroxylation sites is 1. The van der Waals surface area contributed by atoms with Crippen molar-refractivity contribution in [2.45, 2.75) is 19.4 Å². The van der Waals surface area contributed by atoms with Gasteiger partial charge in [-0.3, -0.25) is 9.97 Å². The number of aromatic nitrogens is 3. The fourth-order valence-electron chi connectivity index (χ4n) is 2.36. The third kappa shape index (κ3) is 2.69. The molecule has 0 radical (unpaired) electrons. The number of rotatable bonds is 5. The molecule has 5 heteroatoms. The lowest BCUT2D eigenvalue weighted by Gasteiger charge is -2.18. The minimum Gasteiger partial charge on any atom is -0.310 e. The second-order valence-electron chi connectivity index (χ2n) is 4.51.